The van der Waals surface area contributed by atoms with Crippen molar-refractivity contribution in [2.75, 3.05) is 13.2 Å². The molecular weight excluding hydrogens is 168 g/mol. The molecule has 0 unspecified atom stereocenters. The van der Waals surface area contributed by atoms with Crippen LogP contribution >= 0.6 is 0 Å². The summed E-state index contributed by atoms with van der Waals surface area (Å²) in [4.78, 5) is 0. The monoisotopic (exact) mass is 186 g/mol. The second kappa shape index (κ2) is 3.56. The van der Waals surface area contributed by atoms with E-state index in [0.717, 1.165) is 19.3 Å². The largest absolute Gasteiger partial charge is 0.396 e. The highest BCUT2D eigenvalue weighted by atomic mass is 16.7. The first kappa shape index (κ1) is 9.44. The van der Waals surface area contributed by atoms with Gasteiger partial charge in [-0.25, -0.2) is 0 Å². The second-order valence-corrected chi connectivity index (χ2v) is 4.13. The van der Waals surface area contributed by atoms with Crippen LogP contribution in [-0.2, 0) is 9.47 Å². The molecule has 2 rings (SSSR count). The molecule has 1 aliphatic carbocycles. The van der Waals surface area contributed by atoms with Crippen molar-refractivity contribution >= 4 is 0 Å². The third-order valence-electron chi connectivity index (χ3n) is 3.38. The second-order valence-electron chi connectivity index (χ2n) is 4.13. The Kier molecular flexibility index (Phi) is 2.58. The summed E-state index contributed by atoms with van der Waals surface area (Å²) in [6, 6.07) is 0. The van der Waals surface area contributed by atoms with Crippen LogP contribution in [0.4, 0.5) is 0 Å². The van der Waals surface area contributed by atoms with E-state index < -0.39 is 0 Å². The van der Waals surface area contributed by atoms with E-state index in [4.69, 9.17) is 9.47 Å². The Balaban J connectivity index is 2.00. The van der Waals surface area contributed by atoms with Crippen molar-refractivity contribution in [3.63, 3.8) is 0 Å². The van der Waals surface area contributed by atoms with E-state index in [2.05, 4.69) is 0 Å². The minimum atomic E-state index is -0.0672. The van der Waals surface area contributed by atoms with Crippen LogP contribution in [0.3, 0.4) is 0 Å². The zero-order valence-corrected chi connectivity index (χ0v) is 8.16. The highest BCUT2D eigenvalue weighted by Crippen LogP contribution is 2.49. The molecule has 2 fully saturated rings. The van der Waals surface area contributed by atoms with E-state index in [-0.39, 0.29) is 24.4 Å². The maximum absolute atomic E-state index is 9.38. The zero-order chi connectivity index (χ0) is 9.31. The standard InChI is InChI=1S/C10H18O3/c1-2-12-9-6-10(7-11)5-3-4-8(10)13-9/h8-9,11H,2-7H2,1H3/t8-,9+,10-/m1/s1. The lowest BCUT2D eigenvalue weighted by Gasteiger charge is -2.23. The summed E-state index contributed by atoms with van der Waals surface area (Å²) in [5.74, 6) is 0. The average molecular weight is 186 g/mol. The van der Waals surface area contributed by atoms with Gasteiger partial charge in [0.15, 0.2) is 6.29 Å². The van der Waals surface area contributed by atoms with E-state index in [9.17, 15) is 5.11 Å². The van der Waals surface area contributed by atoms with Gasteiger partial charge in [-0.2, -0.15) is 0 Å². The molecule has 0 aromatic rings. The summed E-state index contributed by atoms with van der Waals surface area (Å²) in [7, 11) is 0. The smallest absolute Gasteiger partial charge is 0.158 e. The summed E-state index contributed by atoms with van der Waals surface area (Å²) in [6.45, 7) is 2.92. The molecule has 0 spiro atoms. The van der Waals surface area contributed by atoms with E-state index >= 15 is 0 Å². The van der Waals surface area contributed by atoms with Gasteiger partial charge in [0.05, 0.1) is 12.7 Å². The molecule has 3 heteroatoms. The number of hydrogen-bond acceptors (Lipinski definition) is 3. The van der Waals surface area contributed by atoms with E-state index in [1.54, 1.807) is 0 Å². The van der Waals surface area contributed by atoms with Crippen LogP contribution in [0.25, 0.3) is 0 Å². The van der Waals surface area contributed by atoms with Gasteiger partial charge >= 0.3 is 0 Å². The van der Waals surface area contributed by atoms with Crippen molar-refractivity contribution in [2.45, 2.75) is 45.0 Å². The Bertz CT molecular complexity index is 183. The van der Waals surface area contributed by atoms with Crippen molar-refractivity contribution in [2.24, 2.45) is 5.41 Å². The lowest BCUT2D eigenvalue weighted by Crippen LogP contribution is -2.28. The van der Waals surface area contributed by atoms with Gasteiger partial charge in [-0.1, -0.05) is 6.42 Å². The Morgan fingerprint density at radius 3 is 3.08 bits per heavy atom. The fourth-order valence-electron chi connectivity index (χ4n) is 2.65. The van der Waals surface area contributed by atoms with E-state index in [1.165, 1.54) is 6.42 Å². The van der Waals surface area contributed by atoms with E-state index in [1.807, 2.05) is 6.92 Å². The Morgan fingerprint density at radius 1 is 1.62 bits per heavy atom. The molecule has 0 radical (unpaired) electrons. The molecule has 3 nitrogen and oxygen atoms in total. The van der Waals surface area contributed by atoms with Gasteiger partial charge in [0.25, 0.3) is 0 Å². The fraction of sp³-hybridized carbons (Fsp3) is 1.00. The number of aliphatic hydroxyl groups excluding tert-OH is 1. The molecule has 1 heterocycles. The van der Waals surface area contributed by atoms with Crippen molar-refractivity contribution in [3.05, 3.63) is 0 Å². The highest BCUT2D eigenvalue weighted by molar-refractivity contribution is 4.97. The normalized spacial score (nSPS) is 43.8. The number of fused-ring (bicyclic) bond motifs is 1. The molecule has 0 bridgehead atoms. The van der Waals surface area contributed by atoms with Gasteiger partial charge in [0.2, 0.25) is 0 Å². The minimum absolute atomic E-state index is 0.0276. The lowest BCUT2D eigenvalue weighted by molar-refractivity contribution is -0.131. The van der Waals surface area contributed by atoms with Gasteiger partial charge in [-0.3, -0.25) is 0 Å². The Hall–Kier alpha value is -0.120. The first-order valence-electron chi connectivity index (χ1n) is 5.18. The van der Waals surface area contributed by atoms with Crippen LogP contribution in [0.15, 0.2) is 0 Å². The predicted octanol–water partition coefficient (Wildman–Crippen LogP) is 1.30. The van der Waals surface area contributed by atoms with Crippen molar-refractivity contribution in [1.82, 2.24) is 0 Å². The van der Waals surface area contributed by atoms with Gasteiger partial charge in [-0.05, 0) is 19.8 Å². The van der Waals surface area contributed by atoms with Crippen LogP contribution in [0, 0.1) is 5.41 Å². The van der Waals surface area contributed by atoms with Gasteiger partial charge < -0.3 is 14.6 Å². The van der Waals surface area contributed by atoms with E-state index in [0.29, 0.717) is 6.61 Å². The molecule has 3 atom stereocenters. The van der Waals surface area contributed by atoms with Crippen LogP contribution in [0.1, 0.15) is 32.6 Å². The van der Waals surface area contributed by atoms with Gasteiger partial charge in [0.1, 0.15) is 0 Å². The Labute approximate surface area is 79.0 Å². The van der Waals surface area contributed by atoms with Gasteiger partial charge in [0, 0.05) is 18.4 Å². The minimum Gasteiger partial charge on any atom is -0.396 e. The zero-order valence-electron chi connectivity index (χ0n) is 8.16. The van der Waals surface area contributed by atoms with Crippen LogP contribution in [-0.4, -0.2) is 30.7 Å². The maximum Gasteiger partial charge on any atom is 0.158 e. The quantitative estimate of drug-likeness (QED) is 0.722. The molecule has 1 aliphatic heterocycles. The lowest BCUT2D eigenvalue weighted by atomic mass is 9.83. The fourth-order valence-corrected chi connectivity index (χ4v) is 2.65. The molecule has 13 heavy (non-hydrogen) atoms. The molecule has 0 amide bonds. The molecule has 1 saturated carbocycles. The first-order valence-corrected chi connectivity index (χ1v) is 5.18. The number of hydrogen-bond donors (Lipinski definition) is 1. The van der Waals surface area contributed by atoms with Crippen LogP contribution in [0.2, 0.25) is 0 Å². The summed E-state index contributed by atoms with van der Waals surface area (Å²) in [5, 5.41) is 9.38. The number of ether oxygens (including phenoxy) is 2. The Morgan fingerprint density at radius 2 is 2.46 bits per heavy atom. The third kappa shape index (κ3) is 1.49. The van der Waals surface area contributed by atoms with Gasteiger partial charge in [-0.15, -0.1) is 0 Å². The molecule has 1 saturated heterocycles. The van der Waals surface area contributed by atoms with Crippen molar-refractivity contribution in [3.8, 4) is 0 Å². The summed E-state index contributed by atoms with van der Waals surface area (Å²) < 4.78 is 11.2. The summed E-state index contributed by atoms with van der Waals surface area (Å²) in [6.07, 6.45) is 4.42. The van der Waals surface area contributed by atoms with Crippen molar-refractivity contribution in [1.29, 1.82) is 0 Å². The summed E-state index contributed by atoms with van der Waals surface area (Å²) in [5.41, 5.74) is 0.0276. The van der Waals surface area contributed by atoms with Crippen molar-refractivity contribution < 1.29 is 14.6 Å². The topological polar surface area (TPSA) is 38.7 Å². The number of rotatable bonds is 3. The average Bonchev–Trinajstić information content (AvgIpc) is 2.61. The molecule has 1 N–H and O–H groups in total. The maximum atomic E-state index is 9.38. The highest BCUT2D eigenvalue weighted by Gasteiger charge is 2.51. The molecule has 76 valence electrons. The van der Waals surface area contributed by atoms with Crippen LogP contribution in [0.5, 0.6) is 0 Å². The molecule has 2 aliphatic rings. The molecule has 0 aromatic carbocycles. The SMILES string of the molecule is CCO[C@@H]1C[C@@]2(CO)CCC[C@H]2O1. The number of aliphatic hydroxyl groups is 1. The molecule has 0 aromatic heterocycles. The third-order valence-corrected chi connectivity index (χ3v) is 3.38. The molecular formula is C10H18O3. The predicted molar refractivity (Wildman–Crippen MR) is 48.3 cm³/mol. The van der Waals surface area contributed by atoms with Crippen LogP contribution < -0.4 is 0 Å². The first-order chi connectivity index (χ1) is 6.30. The summed E-state index contributed by atoms with van der Waals surface area (Å²) >= 11 is 0.